The molecule has 5 nitrogen and oxygen atoms in total. The monoisotopic (exact) mass is 471 g/mol. The lowest BCUT2D eigenvalue weighted by Crippen LogP contribution is -2.51. The van der Waals surface area contributed by atoms with Crippen LogP contribution in [0.3, 0.4) is 0 Å². The fraction of sp³-hybridized carbons (Fsp3) is 0.174. The second-order valence-electron chi connectivity index (χ2n) is 7.19. The van der Waals surface area contributed by atoms with E-state index in [9.17, 15) is 8.42 Å². The highest BCUT2D eigenvalue weighted by Crippen LogP contribution is 2.28. The number of rotatable bonds is 4. The van der Waals surface area contributed by atoms with Crippen LogP contribution in [-0.2, 0) is 10.0 Å². The molecule has 4 rings (SSSR count). The minimum atomic E-state index is -3.55. The molecule has 0 amide bonds. The Balaban J connectivity index is 1.42. The summed E-state index contributed by atoms with van der Waals surface area (Å²) >= 11 is 11.5. The van der Waals surface area contributed by atoms with Crippen molar-refractivity contribution in [3.05, 3.63) is 83.9 Å². The Labute approximate surface area is 193 Å². The molecular formula is C23H22ClN3O2S2. The zero-order valence-electron chi connectivity index (χ0n) is 16.7. The van der Waals surface area contributed by atoms with E-state index >= 15 is 0 Å². The molecule has 160 valence electrons. The number of anilines is 1. The van der Waals surface area contributed by atoms with Crippen molar-refractivity contribution in [3.8, 4) is 11.1 Å². The third-order valence-corrected chi connectivity index (χ3v) is 7.76. The van der Waals surface area contributed by atoms with Crippen LogP contribution in [0.4, 0.5) is 5.69 Å². The Kier molecular flexibility index (Phi) is 6.57. The van der Waals surface area contributed by atoms with E-state index in [2.05, 4.69) is 23.5 Å². The summed E-state index contributed by atoms with van der Waals surface area (Å²) in [6.07, 6.45) is 0. The third kappa shape index (κ3) is 4.91. The van der Waals surface area contributed by atoms with Crippen LogP contribution >= 0.6 is 23.8 Å². The van der Waals surface area contributed by atoms with Crippen molar-refractivity contribution in [1.82, 2.24) is 9.21 Å². The molecule has 0 saturated carbocycles. The minimum absolute atomic E-state index is 0.253. The normalized spacial score (nSPS) is 14.9. The van der Waals surface area contributed by atoms with E-state index in [4.69, 9.17) is 23.8 Å². The van der Waals surface area contributed by atoms with Gasteiger partial charge in [0, 0.05) is 42.5 Å². The van der Waals surface area contributed by atoms with Gasteiger partial charge in [0.25, 0.3) is 0 Å². The van der Waals surface area contributed by atoms with Gasteiger partial charge in [-0.2, -0.15) is 4.31 Å². The second-order valence-corrected chi connectivity index (χ2v) is 9.95. The van der Waals surface area contributed by atoms with E-state index in [-0.39, 0.29) is 4.90 Å². The van der Waals surface area contributed by atoms with Crippen LogP contribution in [0.2, 0.25) is 5.02 Å². The summed E-state index contributed by atoms with van der Waals surface area (Å²) in [5.41, 5.74) is 3.09. The molecule has 0 spiro atoms. The van der Waals surface area contributed by atoms with Crippen molar-refractivity contribution in [1.29, 1.82) is 0 Å². The van der Waals surface area contributed by atoms with Gasteiger partial charge in [-0.25, -0.2) is 8.42 Å². The fourth-order valence-corrected chi connectivity index (χ4v) is 5.38. The maximum Gasteiger partial charge on any atom is 0.243 e. The van der Waals surface area contributed by atoms with E-state index in [1.807, 2.05) is 41.3 Å². The van der Waals surface area contributed by atoms with Gasteiger partial charge in [-0.1, -0.05) is 60.1 Å². The highest BCUT2D eigenvalue weighted by atomic mass is 35.5. The number of hydrogen-bond donors (Lipinski definition) is 1. The number of nitrogens with zero attached hydrogens (tertiary/aromatic N) is 2. The summed E-state index contributed by atoms with van der Waals surface area (Å²) in [6.45, 7) is 1.78. The molecule has 1 aliphatic heterocycles. The fourth-order valence-electron chi connectivity index (χ4n) is 3.54. The van der Waals surface area contributed by atoms with Crippen LogP contribution in [0.25, 0.3) is 11.1 Å². The lowest BCUT2D eigenvalue weighted by atomic mass is 10.0. The van der Waals surface area contributed by atoms with Crippen molar-refractivity contribution in [2.45, 2.75) is 4.90 Å². The number of piperazine rings is 1. The number of sulfonamides is 1. The van der Waals surface area contributed by atoms with Crippen molar-refractivity contribution >= 4 is 44.6 Å². The molecule has 31 heavy (non-hydrogen) atoms. The Hall–Kier alpha value is -2.45. The first-order valence-electron chi connectivity index (χ1n) is 9.91. The zero-order chi connectivity index (χ0) is 21.8. The minimum Gasteiger partial charge on any atom is -0.346 e. The molecule has 0 radical (unpaired) electrons. The van der Waals surface area contributed by atoms with Gasteiger partial charge in [0.2, 0.25) is 10.0 Å². The number of benzene rings is 3. The summed E-state index contributed by atoms with van der Waals surface area (Å²) in [6, 6.07) is 24.4. The summed E-state index contributed by atoms with van der Waals surface area (Å²) < 4.78 is 27.3. The molecule has 0 bridgehead atoms. The molecule has 1 heterocycles. The molecular weight excluding hydrogens is 450 g/mol. The van der Waals surface area contributed by atoms with Gasteiger partial charge in [0.15, 0.2) is 5.11 Å². The molecule has 0 aromatic heterocycles. The summed E-state index contributed by atoms with van der Waals surface area (Å²) in [5, 5.41) is 4.44. The second kappa shape index (κ2) is 9.36. The van der Waals surface area contributed by atoms with Gasteiger partial charge in [-0.15, -0.1) is 0 Å². The van der Waals surface area contributed by atoms with Crippen LogP contribution in [0.1, 0.15) is 0 Å². The van der Waals surface area contributed by atoms with Crippen LogP contribution in [0.5, 0.6) is 0 Å². The predicted octanol–water partition coefficient (Wildman–Crippen LogP) is 4.71. The number of para-hydroxylation sites is 1. The van der Waals surface area contributed by atoms with Gasteiger partial charge in [0.1, 0.15) is 0 Å². The molecule has 1 saturated heterocycles. The molecule has 3 aromatic carbocycles. The summed E-state index contributed by atoms with van der Waals surface area (Å²) in [4.78, 5) is 2.26. The highest BCUT2D eigenvalue weighted by Gasteiger charge is 2.29. The lowest BCUT2D eigenvalue weighted by Gasteiger charge is -2.35. The SMILES string of the molecule is O=S(=O)(c1ccc(Cl)cc1)N1CCN(C(=S)Nc2ccccc2-c2ccccc2)CC1. The van der Waals surface area contributed by atoms with Gasteiger partial charge in [-0.05, 0) is 48.1 Å². The largest absolute Gasteiger partial charge is 0.346 e. The van der Waals surface area contributed by atoms with Crippen molar-refractivity contribution in [2.24, 2.45) is 0 Å². The summed E-state index contributed by atoms with van der Waals surface area (Å²) in [7, 11) is -3.55. The van der Waals surface area contributed by atoms with E-state index in [1.54, 1.807) is 12.1 Å². The molecule has 0 atom stereocenters. The van der Waals surface area contributed by atoms with Crippen molar-refractivity contribution < 1.29 is 8.42 Å². The number of nitrogens with one attached hydrogen (secondary N) is 1. The van der Waals surface area contributed by atoms with Gasteiger partial charge >= 0.3 is 0 Å². The Morgan fingerprint density at radius 2 is 1.45 bits per heavy atom. The van der Waals surface area contributed by atoms with Crippen LogP contribution in [0, 0.1) is 0 Å². The van der Waals surface area contributed by atoms with Gasteiger partial charge in [0.05, 0.1) is 4.90 Å². The predicted molar refractivity (Wildman–Crippen MR) is 130 cm³/mol. The smallest absolute Gasteiger partial charge is 0.243 e. The van der Waals surface area contributed by atoms with Crippen molar-refractivity contribution in [2.75, 3.05) is 31.5 Å². The quantitative estimate of drug-likeness (QED) is 0.558. The van der Waals surface area contributed by atoms with Gasteiger partial charge in [-0.3, -0.25) is 0 Å². The standard InChI is InChI=1S/C23H22ClN3O2S2/c24-19-10-12-20(13-11-19)31(28,29)27-16-14-26(15-17-27)23(30)25-22-9-5-4-8-21(22)18-6-2-1-3-7-18/h1-13H,14-17H2,(H,25,30). The Bertz CT molecular complexity index is 1160. The molecule has 1 aliphatic rings. The van der Waals surface area contributed by atoms with Crippen LogP contribution in [-0.4, -0.2) is 48.9 Å². The maximum atomic E-state index is 12.9. The topological polar surface area (TPSA) is 52.7 Å². The first kappa shape index (κ1) is 21.8. The highest BCUT2D eigenvalue weighted by molar-refractivity contribution is 7.89. The molecule has 1 N–H and O–H groups in total. The third-order valence-electron chi connectivity index (χ3n) is 5.23. The van der Waals surface area contributed by atoms with E-state index in [0.717, 1.165) is 16.8 Å². The maximum absolute atomic E-state index is 12.9. The summed E-state index contributed by atoms with van der Waals surface area (Å²) in [5.74, 6) is 0. The number of halogens is 1. The number of thiocarbonyl (C=S) groups is 1. The van der Waals surface area contributed by atoms with E-state index in [0.29, 0.717) is 36.3 Å². The molecule has 3 aromatic rings. The van der Waals surface area contributed by atoms with Crippen LogP contribution in [0.15, 0.2) is 83.8 Å². The average molecular weight is 472 g/mol. The first-order valence-corrected chi connectivity index (χ1v) is 12.1. The lowest BCUT2D eigenvalue weighted by molar-refractivity contribution is 0.268. The molecule has 8 heteroatoms. The van der Waals surface area contributed by atoms with Crippen molar-refractivity contribution in [3.63, 3.8) is 0 Å². The zero-order valence-corrected chi connectivity index (χ0v) is 19.1. The molecule has 0 unspecified atom stereocenters. The molecule has 0 aliphatic carbocycles. The Morgan fingerprint density at radius 1 is 0.839 bits per heavy atom. The van der Waals surface area contributed by atoms with Gasteiger partial charge < -0.3 is 10.2 Å². The van der Waals surface area contributed by atoms with Crippen LogP contribution < -0.4 is 5.32 Å². The number of hydrogen-bond acceptors (Lipinski definition) is 3. The Morgan fingerprint density at radius 3 is 2.13 bits per heavy atom. The van der Waals surface area contributed by atoms with E-state index in [1.165, 1.54) is 16.4 Å². The average Bonchev–Trinajstić information content (AvgIpc) is 2.80. The molecule has 1 fully saturated rings. The van der Waals surface area contributed by atoms with E-state index < -0.39 is 10.0 Å². The first-order chi connectivity index (χ1) is 14.9.